The minimum Gasteiger partial charge on any atom is -0.497 e. The van der Waals surface area contributed by atoms with Crippen molar-refractivity contribution in [3.05, 3.63) is 72.1 Å². The molecular formula is C20H20N4O2. The summed E-state index contributed by atoms with van der Waals surface area (Å²) < 4.78 is 5.16. The van der Waals surface area contributed by atoms with Gasteiger partial charge in [0.25, 0.3) is 0 Å². The number of nitrogens with one attached hydrogen (secondary N) is 1. The molecule has 6 nitrogen and oxygen atoms in total. The molecule has 0 atom stereocenters. The zero-order chi connectivity index (χ0) is 18.4. The molecule has 0 aliphatic carbocycles. The molecule has 1 amide bonds. The third kappa shape index (κ3) is 4.36. The van der Waals surface area contributed by atoms with Crippen molar-refractivity contribution >= 4 is 11.7 Å². The van der Waals surface area contributed by atoms with Gasteiger partial charge in [-0.05, 0) is 36.2 Å². The molecule has 0 saturated heterocycles. The fourth-order valence-electron chi connectivity index (χ4n) is 2.54. The number of aromatic nitrogens is 2. The molecule has 3 rings (SSSR count). The average Bonchev–Trinajstić information content (AvgIpc) is 2.69. The van der Waals surface area contributed by atoms with E-state index >= 15 is 0 Å². The molecule has 0 bridgehead atoms. The van der Waals surface area contributed by atoms with Crippen LogP contribution in [0.2, 0.25) is 0 Å². The first-order valence-corrected chi connectivity index (χ1v) is 8.25. The van der Waals surface area contributed by atoms with Gasteiger partial charge in [0, 0.05) is 23.7 Å². The number of nitrogens with two attached hydrogens (primary N) is 1. The Kier molecular flexibility index (Phi) is 5.43. The second kappa shape index (κ2) is 8.11. The Morgan fingerprint density at radius 3 is 2.46 bits per heavy atom. The normalized spacial score (nSPS) is 10.3. The molecule has 6 heteroatoms. The van der Waals surface area contributed by atoms with Crippen molar-refractivity contribution in [2.75, 3.05) is 19.0 Å². The number of methoxy groups -OCH3 is 1. The number of rotatable bonds is 7. The molecule has 0 radical (unpaired) electrons. The number of nitrogens with zero attached hydrogens (tertiary/aromatic N) is 2. The lowest BCUT2D eigenvalue weighted by Gasteiger charge is -2.08. The van der Waals surface area contributed by atoms with Gasteiger partial charge in [-0.15, -0.1) is 0 Å². The van der Waals surface area contributed by atoms with E-state index in [1.807, 2.05) is 42.5 Å². The lowest BCUT2D eigenvalue weighted by molar-refractivity contribution is 0.100. The molecule has 0 aliphatic heterocycles. The minimum atomic E-state index is -0.444. The summed E-state index contributed by atoms with van der Waals surface area (Å²) >= 11 is 0. The van der Waals surface area contributed by atoms with Gasteiger partial charge in [-0.2, -0.15) is 0 Å². The van der Waals surface area contributed by atoms with Crippen LogP contribution < -0.4 is 15.8 Å². The van der Waals surface area contributed by atoms with Crippen molar-refractivity contribution in [3.63, 3.8) is 0 Å². The highest BCUT2D eigenvalue weighted by molar-refractivity contribution is 5.93. The van der Waals surface area contributed by atoms with Crippen LogP contribution in [0, 0.1) is 0 Å². The number of carbonyl (C=O) groups is 1. The van der Waals surface area contributed by atoms with Crippen LogP contribution in [0.15, 0.2) is 60.9 Å². The van der Waals surface area contributed by atoms with Crippen LogP contribution in [0.1, 0.15) is 15.9 Å². The number of carbonyl (C=O) groups excluding carboxylic acids is 1. The first-order chi connectivity index (χ1) is 12.7. The summed E-state index contributed by atoms with van der Waals surface area (Å²) in [5, 5.41) is 3.31. The summed E-state index contributed by atoms with van der Waals surface area (Å²) in [5.41, 5.74) is 8.63. The van der Waals surface area contributed by atoms with Crippen LogP contribution in [0.25, 0.3) is 11.3 Å². The van der Waals surface area contributed by atoms with E-state index in [0.29, 0.717) is 5.56 Å². The van der Waals surface area contributed by atoms with Gasteiger partial charge in [-0.3, -0.25) is 4.79 Å². The molecule has 0 fully saturated rings. The van der Waals surface area contributed by atoms with Gasteiger partial charge in [-0.25, -0.2) is 9.97 Å². The Labute approximate surface area is 152 Å². The van der Waals surface area contributed by atoms with Gasteiger partial charge >= 0.3 is 0 Å². The van der Waals surface area contributed by atoms with Gasteiger partial charge in [-0.1, -0.05) is 24.3 Å². The second-order valence-electron chi connectivity index (χ2n) is 5.75. The lowest BCUT2D eigenvalue weighted by Crippen LogP contribution is -2.10. The zero-order valence-electron chi connectivity index (χ0n) is 14.5. The predicted octanol–water partition coefficient (Wildman–Crippen LogP) is 2.91. The van der Waals surface area contributed by atoms with Crippen LogP contribution >= 0.6 is 0 Å². The van der Waals surface area contributed by atoms with Crippen molar-refractivity contribution in [1.29, 1.82) is 0 Å². The van der Waals surface area contributed by atoms with E-state index in [2.05, 4.69) is 15.3 Å². The van der Waals surface area contributed by atoms with E-state index in [4.69, 9.17) is 10.5 Å². The largest absolute Gasteiger partial charge is 0.497 e. The highest BCUT2D eigenvalue weighted by atomic mass is 16.5. The number of benzene rings is 2. The summed E-state index contributed by atoms with van der Waals surface area (Å²) in [6.07, 6.45) is 2.39. The highest BCUT2D eigenvalue weighted by Gasteiger charge is 2.04. The predicted molar refractivity (Wildman–Crippen MR) is 101 cm³/mol. The maximum atomic E-state index is 11.2. The Morgan fingerprint density at radius 2 is 1.81 bits per heavy atom. The van der Waals surface area contributed by atoms with Crippen molar-refractivity contribution in [2.45, 2.75) is 6.42 Å². The second-order valence-corrected chi connectivity index (χ2v) is 5.75. The summed E-state index contributed by atoms with van der Waals surface area (Å²) in [7, 11) is 1.66. The smallest absolute Gasteiger partial charge is 0.248 e. The number of ether oxygens (including phenoxy) is 1. The van der Waals surface area contributed by atoms with Crippen LogP contribution in [0.3, 0.4) is 0 Å². The van der Waals surface area contributed by atoms with E-state index in [0.717, 1.165) is 35.8 Å². The number of primary amides is 1. The van der Waals surface area contributed by atoms with Gasteiger partial charge in [0.05, 0.1) is 12.8 Å². The molecule has 26 heavy (non-hydrogen) atoms. The lowest BCUT2D eigenvalue weighted by atomic mass is 10.1. The summed E-state index contributed by atoms with van der Waals surface area (Å²) in [6, 6.07) is 16.9. The molecule has 0 aliphatic rings. The van der Waals surface area contributed by atoms with Crippen molar-refractivity contribution in [1.82, 2.24) is 9.97 Å². The molecule has 132 valence electrons. The van der Waals surface area contributed by atoms with E-state index < -0.39 is 5.91 Å². The number of hydrogen-bond donors (Lipinski definition) is 2. The zero-order valence-corrected chi connectivity index (χ0v) is 14.5. The molecular weight excluding hydrogens is 328 g/mol. The molecule has 2 aromatic carbocycles. The molecule has 1 aromatic heterocycles. The van der Waals surface area contributed by atoms with Crippen LogP contribution in [0.5, 0.6) is 5.75 Å². The standard InChI is InChI=1S/C20H20N4O2/c1-26-17-8-2-14(3-9-17)10-11-22-19-12-18(23-13-24-19)15-4-6-16(7-5-15)20(21)25/h2-9,12-13H,10-11H2,1H3,(H2,21,25)(H,22,23,24). The van der Waals surface area contributed by atoms with Crippen molar-refractivity contribution < 1.29 is 9.53 Å². The fourth-order valence-corrected chi connectivity index (χ4v) is 2.54. The SMILES string of the molecule is COc1ccc(CCNc2cc(-c3ccc(C(N)=O)cc3)ncn2)cc1. The Balaban J connectivity index is 1.62. The fraction of sp³-hybridized carbons (Fsp3) is 0.150. The van der Waals surface area contributed by atoms with Crippen LogP contribution in [0.4, 0.5) is 5.82 Å². The van der Waals surface area contributed by atoms with Crippen molar-refractivity contribution in [3.8, 4) is 17.0 Å². The maximum Gasteiger partial charge on any atom is 0.248 e. The Hall–Kier alpha value is -3.41. The monoisotopic (exact) mass is 348 g/mol. The maximum absolute atomic E-state index is 11.2. The van der Waals surface area contributed by atoms with E-state index in [1.54, 1.807) is 19.2 Å². The van der Waals surface area contributed by atoms with Gasteiger partial charge in [0.2, 0.25) is 5.91 Å². The first-order valence-electron chi connectivity index (χ1n) is 8.25. The number of anilines is 1. The molecule has 1 heterocycles. The van der Waals surface area contributed by atoms with E-state index in [-0.39, 0.29) is 0 Å². The van der Waals surface area contributed by atoms with E-state index in [1.165, 1.54) is 11.9 Å². The topological polar surface area (TPSA) is 90.1 Å². The summed E-state index contributed by atoms with van der Waals surface area (Å²) in [4.78, 5) is 19.7. The molecule has 0 saturated carbocycles. The third-order valence-electron chi connectivity index (χ3n) is 4.01. The Morgan fingerprint density at radius 1 is 1.08 bits per heavy atom. The van der Waals surface area contributed by atoms with Gasteiger partial charge in [0.1, 0.15) is 17.9 Å². The molecule has 3 aromatic rings. The van der Waals surface area contributed by atoms with Gasteiger partial charge < -0.3 is 15.8 Å². The molecule has 0 unspecified atom stereocenters. The average molecular weight is 348 g/mol. The first kappa shape index (κ1) is 17.4. The summed E-state index contributed by atoms with van der Waals surface area (Å²) in [6.45, 7) is 0.753. The van der Waals surface area contributed by atoms with Gasteiger partial charge in [0.15, 0.2) is 0 Å². The third-order valence-corrected chi connectivity index (χ3v) is 4.01. The minimum absolute atomic E-state index is 0.444. The van der Waals surface area contributed by atoms with Crippen LogP contribution in [-0.2, 0) is 6.42 Å². The van der Waals surface area contributed by atoms with Crippen LogP contribution in [-0.4, -0.2) is 29.5 Å². The molecule has 0 spiro atoms. The number of hydrogen-bond acceptors (Lipinski definition) is 5. The Bertz CT molecular complexity index is 877. The quantitative estimate of drug-likeness (QED) is 0.685. The van der Waals surface area contributed by atoms with Crippen molar-refractivity contribution in [2.24, 2.45) is 5.73 Å². The van der Waals surface area contributed by atoms with E-state index in [9.17, 15) is 4.79 Å². The summed E-state index contributed by atoms with van der Waals surface area (Å²) in [5.74, 6) is 1.16. The molecule has 3 N–H and O–H groups in total. The number of amides is 1. The highest BCUT2D eigenvalue weighted by Crippen LogP contribution is 2.19.